The van der Waals surface area contributed by atoms with Gasteiger partial charge in [0.2, 0.25) is 5.75 Å². The molecule has 0 unspecified atom stereocenters. The van der Waals surface area contributed by atoms with Gasteiger partial charge in [0.05, 0.1) is 41.1 Å². The Kier molecular flexibility index (Phi) is 5.44. The Morgan fingerprint density at radius 1 is 0.844 bits per heavy atom. The van der Waals surface area contributed by atoms with E-state index in [9.17, 15) is 9.90 Å². The first kappa shape index (κ1) is 21.2. The van der Waals surface area contributed by atoms with Crippen molar-refractivity contribution in [1.82, 2.24) is 4.40 Å². The van der Waals surface area contributed by atoms with Crippen LogP contribution < -0.4 is 18.9 Å². The van der Waals surface area contributed by atoms with Gasteiger partial charge in [-0.05, 0) is 47.3 Å². The van der Waals surface area contributed by atoms with Gasteiger partial charge in [-0.15, -0.1) is 0 Å². The largest absolute Gasteiger partial charge is 0.504 e. The minimum atomic E-state index is -0.483. The number of pyridine rings is 1. The second-order valence-electron chi connectivity index (χ2n) is 6.99. The van der Waals surface area contributed by atoms with Gasteiger partial charge in [0.15, 0.2) is 23.0 Å². The van der Waals surface area contributed by atoms with E-state index in [1.165, 1.54) is 21.3 Å². The van der Waals surface area contributed by atoms with Gasteiger partial charge >= 0.3 is 5.97 Å². The molecule has 2 heterocycles. The number of carbonyl (C=O) groups is 1. The number of carbonyl (C=O) groups excluding carboxylic acids is 1. The molecule has 0 spiro atoms. The van der Waals surface area contributed by atoms with Crippen molar-refractivity contribution in [2.45, 2.75) is 0 Å². The van der Waals surface area contributed by atoms with Crippen molar-refractivity contribution in [3.8, 4) is 39.9 Å². The zero-order chi connectivity index (χ0) is 23.0. The smallest absolute Gasteiger partial charge is 0.355 e. The fraction of sp³-hybridized carbons (Fsp3) is 0.208. The Morgan fingerprint density at radius 2 is 1.50 bits per heavy atom. The third kappa shape index (κ3) is 3.20. The van der Waals surface area contributed by atoms with Crippen LogP contribution in [0, 0.1) is 0 Å². The highest BCUT2D eigenvalue weighted by atomic mass is 16.5. The summed E-state index contributed by atoms with van der Waals surface area (Å²) in [6, 6.07) is 10.6. The van der Waals surface area contributed by atoms with Crippen LogP contribution in [0.5, 0.6) is 28.7 Å². The molecule has 32 heavy (non-hydrogen) atoms. The highest BCUT2D eigenvalue weighted by Crippen LogP contribution is 2.44. The molecule has 1 N–H and O–H groups in total. The van der Waals surface area contributed by atoms with Crippen LogP contribution in [0.25, 0.3) is 27.4 Å². The van der Waals surface area contributed by atoms with Crippen LogP contribution in [0.15, 0.2) is 42.6 Å². The number of aromatic hydroxyl groups is 1. The van der Waals surface area contributed by atoms with Crippen molar-refractivity contribution >= 4 is 22.3 Å². The van der Waals surface area contributed by atoms with Crippen LogP contribution in [-0.2, 0) is 4.74 Å². The van der Waals surface area contributed by atoms with Crippen LogP contribution in [0.2, 0.25) is 0 Å². The van der Waals surface area contributed by atoms with E-state index in [2.05, 4.69) is 0 Å². The Morgan fingerprint density at radius 3 is 2.06 bits per heavy atom. The predicted molar refractivity (Wildman–Crippen MR) is 120 cm³/mol. The lowest BCUT2D eigenvalue weighted by Gasteiger charge is -2.14. The number of rotatable bonds is 6. The van der Waals surface area contributed by atoms with Gasteiger partial charge < -0.3 is 33.2 Å². The van der Waals surface area contributed by atoms with Crippen molar-refractivity contribution in [1.29, 1.82) is 0 Å². The normalized spacial score (nSPS) is 10.9. The minimum absolute atomic E-state index is 0.0263. The fourth-order valence-corrected chi connectivity index (χ4v) is 3.92. The van der Waals surface area contributed by atoms with E-state index >= 15 is 0 Å². The molecule has 0 fully saturated rings. The maximum absolute atomic E-state index is 12.6. The van der Waals surface area contributed by atoms with Crippen LogP contribution in [0.3, 0.4) is 0 Å². The molecule has 0 aliphatic heterocycles. The van der Waals surface area contributed by atoms with Gasteiger partial charge in [-0.25, -0.2) is 4.79 Å². The van der Waals surface area contributed by atoms with Crippen LogP contribution >= 0.6 is 0 Å². The number of nitrogens with zero attached hydrogens (tertiary/aromatic N) is 1. The minimum Gasteiger partial charge on any atom is -0.504 e. The number of hydrogen-bond donors (Lipinski definition) is 1. The number of hydrogen-bond acceptors (Lipinski definition) is 7. The van der Waals surface area contributed by atoms with Crippen molar-refractivity contribution < 1.29 is 33.6 Å². The average molecular weight is 437 g/mol. The lowest BCUT2D eigenvalue weighted by molar-refractivity contribution is 0.0593. The molecular formula is C24H23NO7. The molecule has 0 bridgehead atoms. The van der Waals surface area contributed by atoms with E-state index in [1.54, 1.807) is 43.0 Å². The zero-order valence-electron chi connectivity index (χ0n) is 18.4. The Hall–Kier alpha value is -4.07. The predicted octanol–water partition coefficient (Wildman–Crippen LogP) is 4.29. The SMILES string of the molecule is COC(=O)c1cc(-c2cc(OC)c(OC)c(OC)c2)c2c3cc(OC)c(O)cc3ccn12. The molecule has 0 radical (unpaired) electrons. The summed E-state index contributed by atoms with van der Waals surface area (Å²) in [5.74, 6) is 1.30. The van der Waals surface area contributed by atoms with Gasteiger partial charge in [-0.3, -0.25) is 0 Å². The molecule has 0 amide bonds. The molecule has 2 aromatic heterocycles. The van der Waals surface area contributed by atoms with Crippen molar-refractivity contribution in [3.63, 3.8) is 0 Å². The number of fused-ring (bicyclic) bond motifs is 3. The number of methoxy groups -OCH3 is 5. The first-order valence-corrected chi connectivity index (χ1v) is 9.70. The van der Waals surface area contributed by atoms with Crippen LogP contribution in [0.1, 0.15) is 10.5 Å². The van der Waals surface area contributed by atoms with Crippen molar-refractivity contribution in [3.05, 3.63) is 48.3 Å². The van der Waals surface area contributed by atoms with Gasteiger partial charge in [-0.2, -0.15) is 0 Å². The van der Waals surface area contributed by atoms with E-state index < -0.39 is 5.97 Å². The number of ether oxygens (including phenoxy) is 5. The molecule has 2 aromatic carbocycles. The molecule has 0 saturated heterocycles. The highest BCUT2D eigenvalue weighted by Gasteiger charge is 2.22. The first-order valence-electron chi connectivity index (χ1n) is 9.70. The molecule has 0 atom stereocenters. The molecule has 8 heteroatoms. The van der Waals surface area contributed by atoms with Gasteiger partial charge in [0.1, 0.15) is 5.69 Å². The standard InChI is InChI=1S/C24H23NO7/c1-28-19-12-16-13(8-18(19)26)6-7-25-17(24(27)32-5)11-15(22(16)25)14-9-20(29-2)23(31-4)21(10-14)30-3/h6-12,26H,1-5H3. The molecule has 8 nitrogen and oxygen atoms in total. The number of esters is 1. The summed E-state index contributed by atoms with van der Waals surface area (Å²) in [7, 11) is 7.45. The highest BCUT2D eigenvalue weighted by molar-refractivity contribution is 6.08. The third-order valence-electron chi connectivity index (χ3n) is 5.42. The molecule has 4 rings (SSSR count). The monoisotopic (exact) mass is 437 g/mol. The Bertz CT molecular complexity index is 1310. The Labute approximate surface area is 184 Å². The fourth-order valence-electron chi connectivity index (χ4n) is 3.92. The van der Waals surface area contributed by atoms with E-state index in [0.717, 1.165) is 27.4 Å². The zero-order valence-corrected chi connectivity index (χ0v) is 18.4. The summed E-state index contributed by atoms with van der Waals surface area (Å²) in [6.45, 7) is 0. The van der Waals surface area contributed by atoms with Gasteiger partial charge in [0.25, 0.3) is 0 Å². The van der Waals surface area contributed by atoms with Crippen LogP contribution in [0.4, 0.5) is 0 Å². The molecular weight excluding hydrogens is 414 g/mol. The summed E-state index contributed by atoms with van der Waals surface area (Å²) in [5.41, 5.74) is 2.56. The quantitative estimate of drug-likeness (QED) is 0.450. The summed E-state index contributed by atoms with van der Waals surface area (Å²) in [4.78, 5) is 12.6. The summed E-state index contributed by atoms with van der Waals surface area (Å²) < 4.78 is 28.5. The lowest BCUT2D eigenvalue weighted by Crippen LogP contribution is -2.04. The number of phenolic OH excluding ortho intramolecular Hbond substituents is 1. The number of aromatic nitrogens is 1. The molecule has 0 aliphatic rings. The second-order valence-corrected chi connectivity index (χ2v) is 6.99. The topological polar surface area (TPSA) is 87.9 Å². The molecule has 166 valence electrons. The molecule has 4 aromatic rings. The summed E-state index contributed by atoms with van der Waals surface area (Å²) in [5, 5.41) is 11.8. The maximum atomic E-state index is 12.6. The summed E-state index contributed by atoms with van der Waals surface area (Å²) >= 11 is 0. The van der Waals surface area contributed by atoms with Crippen LogP contribution in [-0.4, -0.2) is 51.0 Å². The first-order chi connectivity index (χ1) is 15.5. The summed E-state index contributed by atoms with van der Waals surface area (Å²) in [6.07, 6.45) is 1.76. The van der Waals surface area contributed by atoms with E-state index in [-0.39, 0.29) is 5.75 Å². The van der Waals surface area contributed by atoms with E-state index in [1.807, 2.05) is 18.2 Å². The molecule has 0 aliphatic carbocycles. The lowest BCUT2D eigenvalue weighted by atomic mass is 10.0. The average Bonchev–Trinajstić information content (AvgIpc) is 3.22. The number of phenols is 1. The Balaban J connectivity index is 2.14. The number of benzene rings is 2. The van der Waals surface area contributed by atoms with Gasteiger partial charge in [0, 0.05) is 17.1 Å². The third-order valence-corrected chi connectivity index (χ3v) is 5.42. The van der Waals surface area contributed by atoms with E-state index in [4.69, 9.17) is 23.7 Å². The molecule has 0 saturated carbocycles. The van der Waals surface area contributed by atoms with Crippen molar-refractivity contribution in [2.75, 3.05) is 35.5 Å². The second kappa shape index (κ2) is 8.22. The van der Waals surface area contributed by atoms with Gasteiger partial charge in [-0.1, -0.05) is 0 Å². The van der Waals surface area contributed by atoms with E-state index in [0.29, 0.717) is 28.7 Å². The van der Waals surface area contributed by atoms with Crippen molar-refractivity contribution in [2.24, 2.45) is 0 Å². The maximum Gasteiger partial charge on any atom is 0.355 e.